The Bertz CT molecular complexity index is 1000. The minimum absolute atomic E-state index is 0.399. The maximum absolute atomic E-state index is 6.21. The Kier molecular flexibility index (Phi) is 3.77. The van der Waals surface area contributed by atoms with E-state index in [1.165, 1.54) is 22.1 Å². The van der Waals surface area contributed by atoms with Gasteiger partial charge in [-0.25, -0.2) is 4.99 Å². The molecule has 0 atom stereocenters. The molecular weight excluding hydrogens is 306 g/mol. The summed E-state index contributed by atoms with van der Waals surface area (Å²) in [6.45, 7) is 4.32. The van der Waals surface area contributed by atoms with Gasteiger partial charge in [-0.05, 0) is 40.1 Å². The molecule has 0 amide bonds. The standard InChI is InChI=1S/C22H21N3/c1-14(2)17-7-3-4-9-19(17)24-22(23)25-20-13-12-16-11-10-15-6-5-8-18(20)21(15)16/h3-14H,1-2H3,(H3,23,24,25). The maximum Gasteiger partial charge on any atom is 0.198 e. The lowest BCUT2D eigenvalue weighted by molar-refractivity contribution is 0.867. The van der Waals surface area contributed by atoms with Crippen LogP contribution in [0.25, 0.3) is 22.9 Å². The average molecular weight is 327 g/mol. The lowest BCUT2D eigenvalue weighted by Crippen LogP contribution is -2.22. The number of nitrogens with one attached hydrogen (secondary N) is 1. The first-order valence-corrected chi connectivity index (χ1v) is 8.57. The molecule has 0 radical (unpaired) electrons. The van der Waals surface area contributed by atoms with Crippen LogP contribution in [0.2, 0.25) is 0 Å². The Morgan fingerprint density at radius 1 is 0.920 bits per heavy atom. The van der Waals surface area contributed by atoms with Gasteiger partial charge < -0.3 is 11.1 Å². The Hall–Kier alpha value is -3.07. The number of anilines is 1. The van der Waals surface area contributed by atoms with Crippen molar-refractivity contribution >= 4 is 40.3 Å². The molecule has 1 aliphatic rings. The smallest absolute Gasteiger partial charge is 0.198 e. The van der Waals surface area contributed by atoms with E-state index in [1.807, 2.05) is 18.2 Å². The molecule has 3 aromatic rings. The lowest BCUT2D eigenvalue weighted by atomic mass is 10.0. The van der Waals surface area contributed by atoms with Crippen molar-refractivity contribution in [2.75, 3.05) is 5.32 Å². The van der Waals surface area contributed by atoms with Crippen molar-refractivity contribution in [3.8, 4) is 0 Å². The fraction of sp³-hybridized carbons (Fsp3) is 0.136. The number of hydrogen-bond donors (Lipinski definition) is 2. The normalized spacial score (nSPS) is 13.0. The molecule has 124 valence electrons. The topological polar surface area (TPSA) is 50.4 Å². The summed E-state index contributed by atoms with van der Waals surface area (Å²) < 4.78 is 0. The van der Waals surface area contributed by atoms with E-state index in [2.05, 4.69) is 72.7 Å². The second-order valence-corrected chi connectivity index (χ2v) is 6.64. The predicted octanol–water partition coefficient (Wildman–Crippen LogP) is 5.51. The first-order chi connectivity index (χ1) is 12.1. The molecule has 3 aromatic carbocycles. The van der Waals surface area contributed by atoms with Gasteiger partial charge >= 0.3 is 0 Å². The van der Waals surface area contributed by atoms with Gasteiger partial charge in [0.2, 0.25) is 0 Å². The number of nitrogens with two attached hydrogens (primary N) is 1. The summed E-state index contributed by atoms with van der Waals surface area (Å²) in [4.78, 5) is 4.61. The average Bonchev–Trinajstić information content (AvgIpc) is 3.02. The Balaban J connectivity index is 1.71. The van der Waals surface area contributed by atoms with Gasteiger partial charge in [-0.2, -0.15) is 0 Å². The third kappa shape index (κ3) is 2.78. The molecule has 0 heterocycles. The second kappa shape index (κ2) is 6.10. The van der Waals surface area contributed by atoms with Gasteiger partial charge in [0.1, 0.15) is 0 Å². The van der Waals surface area contributed by atoms with Crippen molar-refractivity contribution in [1.82, 2.24) is 0 Å². The van der Waals surface area contributed by atoms with Crippen molar-refractivity contribution in [3.63, 3.8) is 0 Å². The van der Waals surface area contributed by atoms with Crippen LogP contribution in [0.15, 0.2) is 59.6 Å². The summed E-state index contributed by atoms with van der Waals surface area (Å²) in [5.74, 6) is 0.801. The van der Waals surface area contributed by atoms with E-state index in [0.717, 1.165) is 16.8 Å². The van der Waals surface area contributed by atoms with Crippen LogP contribution in [0, 0.1) is 0 Å². The Morgan fingerprint density at radius 2 is 1.68 bits per heavy atom. The summed E-state index contributed by atoms with van der Waals surface area (Å²) in [6, 6.07) is 18.6. The zero-order chi connectivity index (χ0) is 17.4. The van der Waals surface area contributed by atoms with Crippen LogP contribution < -0.4 is 11.1 Å². The molecule has 3 N–H and O–H groups in total. The van der Waals surface area contributed by atoms with Crippen LogP contribution in [0.3, 0.4) is 0 Å². The molecule has 0 unspecified atom stereocenters. The van der Waals surface area contributed by atoms with Crippen LogP contribution in [0.5, 0.6) is 0 Å². The minimum atomic E-state index is 0.399. The third-order valence-corrected chi connectivity index (χ3v) is 4.61. The van der Waals surface area contributed by atoms with Crippen molar-refractivity contribution in [2.45, 2.75) is 19.8 Å². The van der Waals surface area contributed by atoms with Gasteiger partial charge in [0.15, 0.2) is 5.96 Å². The highest BCUT2D eigenvalue weighted by atomic mass is 15.1. The van der Waals surface area contributed by atoms with Gasteiger partial charge in [0.25, 0.3) is 0 Å². The summed E-state index contributed by atoms with van der Waals surface area (Å²) in [5.41, 5.74) is 11.8. The number of nitrogens with zero attached hydrogens (tertiary/aromatic N) is 1. The van der Waals surface area contributed by atoms with Crippen LogP contribution >= 0.6 is 0 Å². The zero-order valence-corrected chi connectivity index (χ0v) is 14.5. The Morgan fingerprint density at radius 3 is 2.48 bits per heavy atom. The first kappa shape index (κ1) is 15.5. The molecule has 3 nitrogen and oxygen atoms in total. The largest absolute Gasteiger partial charge is 0.369 e. The molecule has 0 aromatic heterocycles. The van der Waals surface area contributed by atoms with E-state index in [-0.39, 0.29) is 0 Å². The van der Waals surface area contributed by atoms with E-state index >= 15 is 0 Å². The van der Waals surface area contributed by atoms with Crippen LogP contribution in [-0.2, 0) is 0 Å². The highest BCUT2D eigenvalue weighted by Crippen LogP contribution is 2.35. The van der Waals surface area contributed by atoms with Crippen molar-refractivity contribution in [2.24, 2.45) is 10.7 Å². The molecule has 0 fully saturated rings. The summed E-state index contributed by atoms with van der Waals surface area (Å²) in [5, 5.41) is 5.71. The number of guanidine groups is 1. The monoisotopic (exact) mass is 327 g/mol. The number of hydrogen-bond acceptors (Lipinski definition) is 1. The first-order valence-electron chi connectivity index (χ1n) is 8.57. The van der Waals surface area contributed by atoms with Crippen molar-refractivity contribution in [1.29, 1.82) is 0 Å². The van der Waals surface area contributed by atoms with E-state index in [1.54, 1.807) is 0 Å². The van der Waals surface area contributed by atoms with Crippen molar-refractivity contribution < 1.29 is 0 Å². The zero-order valence-electron chi connectivity index (χ0n) is 14.5. The van der Waals surface area contributed by atoms with Crippen LogP contribution in [0.1, 0.15) is 36.5 Å². The highest BCUT2D eigenvalue weighted by molar-refractivity contribution is 6.12. The lowest BCUT2D eigenvalue weighted by Gasteiger charge is -2.13. The molecular formula is C22H21N3. The summed E-state index contributed by atoms with van der Waals surface area (Å²) >= 11 is 0. The molecule has 4 rings (SSSR count). The van der Waals surface area contributed by atoms with E-state index in [0.29, 0.717) is 11.9 Å². The molecule has 3 heteroatoms. The number of rotatable bonds is 3. The number of para-hydroxylation sites is 1. The van der Waals surface area contributed by atoms with Gasteiger partial charge in [0, 0.05) is 11.1 Å². The van der Waals surface area contributed by atoms with E-state index in [9.17, 15) is 0 Å². The molecule has 0 spiro atoms. The Labute approximate surface area is 147 Å². The molecule has 1 aliphatic carbocycles. The van der Waals surface area contributed by atoms with Crippen LogP contribution in [-0.4, -0.2) is 5.96 Å². The molecule has 0 saturated heterocycles. The molecule has 0 bridgehead atoms. The fourth-order valence-corrected chi connectivity index (χ4v) is 3.40. The molecule has 25 heavy (non-hydrogen) atoms. The summed E-state index contributed by atoms with van der Waals surface area (Å²) in [7, 11) is 0. The second-order valence-electron chi connectivity index (χ2n) is 6.64. The SMILES string of the molecule is CC(C)c1ccccc1N=C(N)Nc1ccc2c3c(cccc13)C=C2. The highest BCUT2D eigenvalue weighted by Gasteiger charge is 2.12. The van der Waals surface area contributed by atoms with E-state index in [4.69, 9.17) is 5.73 Å². The third-order valence-electron chi connectivity index (χ3n) is 4.61. The van der Waals surface area contributed by atoms with Gasteiger partial charge in [0.05, 0.1) is 5.69 Å². The quantitative estimate of drug-likeness (QED) is 0.385. The van der Waals surface area contributed by atoms with Gasteiger partial charge in [-0.15, -0.1) is 0 Å². The van der Waals surface area contributed by atoms with Gasteiger partial charge in [-0.3, -0.25) is 0 Å². The minimum Gasteiger partial charge on any atom is -0.369 e. The number of benzene rings is 3. The van der Waals surface area contributed by atoms with Crippen LogP contribution in [0.4, 0.5) is 11.4 Å². The fourth-order valence-electron chi connectivity index (χ4n) is 3.40. The van der Waals surface area contributed by atoms with Gasteiger partial charge in [-0.1, -0.05) is 68.5 Å². The van der Waals surface area contributed by atoms with Crippen molar-refractivity contribution in [3.05, 3.63) is 71.3 Å². The molecule has 0 saturated carbocycles. The maximum atomic E-state index is 6.21. The summed E-state index contributed by atoms with van der Waals surface area (Å²) in [6.07, 6.45) is 4.30. The molecule has 0 aliphatic heterocycles. The predicted molar refractivity (Wildman–Crippen MR) is 108 cm³/mol. The van der Waals surface area contributed by atoms with E-state index < -0.39 is 0 Å². The number of aliphatic imine (C=N–C) groups is 1.